The molecule has 0 aliphatic heterocycles. The summed E-state index contributed by atoms with van der Waals surface area (Å²) in [6.07, 6.45) is -0.738. The van der Waals surface area contributed by atoms with Crippen LogP contribution in [0.1, 0.15) is 5.56 Å². The van der Waals surface area contributed by atoms with Gasteiger partial charge in [0.2, 0.25) is 0 Å². The molecule has 1 rings (SSSR count). The number of aliphatic hydroxyl groups excluding tert-OH is 1. The number of phenols is 1. The molecule has 1 aromatic rings. The molecular formula is C10H12N2O2. The highest BCUT2D eigenvalue weighted by Crippen LogP contribution is 2.11. The van der Waals surface area contributed by atoms with Crippen LogP contribution >= 0.6 is 0 Å². The van der Waals surface area contributed by atoms with Crippen molar-refractivity contribution in [3.8, 4) is 11.8 Å². The fourth-order valence-electron chi connectivity index (χ4n) is 1.11. The molecule has 1 aromatic carbocycles. The Morgan fingerprint density at radius 3 is 2.43 bits per heavy atom. The predicted molar refractivity (Wildman–Crippen MR) is 51.4 cm³/mol. The Bertz CT molecular complexity index is 329. The third-order valence-electron chi connectivity index (χ3n) is 1.95. The average molecular weight is 192 g/mol. The number of aliphatic hydroxyl groups is 1. The Balaban J connectivity index is 2.61. The molecule has 14 heavy (non-hydrogen) atoms. The van der Waals surface area contributed by atoms with Crippen molar-refractivity contribution in [3.63, 3.8) is 0 Å². The summed E-state index contributed by atoms with van der Waals surface area (Å²) >= 11 is 0. The number of nitrogens with two attached hydrogens (primary N) is 1. The number of phenolic OH excluding ortho intramolecular Hbond substituents is 1. The van der Waals surface area contributed by atoms with Crippen LogP contribution in [-0.2, 0) is 6.42 Å². The van der Waals surface area contributed by atoms with E-state index >= 15 is 0 Å². The van der Waals surface area contributed by atoms with Crippen molar-refractivity contribution in [2.24, 2.45) is 5.73 Å². The van der Waals surface area contributed by atoms with Crippen LogP contribution in [0.2, 0.25) is 0 Å². The van der Waals surface area contributed by atoms with E-state index in [9.17, 15) is 0 Å². The number of rotatable bonds is 3. The normalized spacial score (nSPS) is 14.4. The highest BCUT2D eigenvalue weighted by molar-refractivity contribution is 5.26. The first-order valence-electron chi connectivity index (χ1n) is 4.24. The molecule has 0 amide bonds. The van der Waals surface area contributed by atoms with Crippen molar-refractivity contribution < 1.29 is 10.2 Å². The van der Waals surface area contributed by atoms with Crippen molar-refractivity contribution in [3.05, 3.63) is 29.8 Å². The van der Waals surface area contributed by atoms with Crippen molar-refractivity contribution in [1.82, 2.24) is 0 Å². The number of nitriles is 1. The van der Waals surface area contributed by atoms with E-state index in [4.69, 9.17) is 21.2 Å². The number of hydrogen-bond donors (Lipinski definition) is 3. The zero-order valence-corrected chi connectivity index (χ0v) is 7.59. The molecule has 4 heteroatoms. The topological polar surface area (TPSA) is 90.3 Å². The first-order chi connectivity index (χ1) is 6.63. The lowest BCUT2D eigenvalue weighted by molar-refractivity contribution is 0.197. The molecule has 2 atom stereocenters. The minimum absolute atomic E-state index is 0.183. The van der Waals surface area contributed by atoms with Crippen molar-refractivity contribution in [1.29, 1.82) is 5.26 Å². The maximum atomic E-state index is 9.11. The lowest BCUT2D eigenvalue weighted by atomic mass is 10.0. The molecule has 0 heterocycles. The van der Waals surface area contributed by atoms with Crippen molar-refractivity contribution in [2.45, 2.75) is 18.6 Å². The van der Waals surface area contributed by atoms with Gasteiger partial charge in [0.15, 0.2) is 6.10 Å². The van der Waals surface area contributed by atoms with Crippen LogP contribution in [0.4, 0.5) is 0 Å². The summed E-state index contributed by atoms with van der Waals surface area (Å²) in [6.45, 7) is 0. The van der Waals surface area contributed by atoms with E-state index in [0.29, 0.717) is 6.42 Å². The number of nitrogens with zero attached hydrogens (tertiary/aromatic N) is 1. The Morgan fingerprint density at radius 1 is 1.36 bits per heavy atom. The van der Waals surface area contributed by atoms with E-state index in [1.807, 2.05) is 0 Å². The maximum absolute atomic E-state index is 9.11. The highest BCUT2D eigenvalue weighted by atomic mass is 16.3. The third-order valence-corrected chi connectivity index (χ3v) is 1.95. The van der Waals surface area contributed by atoms with Gasteiger partial charge >= 0.3 is 0 Å². The molecular weight excluding hydrogens is 180 g/mol. The van der Waals surface area contributed by atoms with Gasteiger partial charge in [-0.25, -0.2) is 0 Å². The van der Waals surface area contributed by atoms with Gasteiger partial charge in [-0.2, -0.15) is 5.26 Å². The number of aromatic hydroxyl groups is 1. The van der Waals surface area contributed by atoms with E-state index in [2.05, 4.69) is 0 Å². The van der Waals surface area contributed by atoms with Gasteiger partial charge in [0, 0.05) is 6.04 Å². The fraction of sp³-hybridized carbons (Fsp3) is 0.300. The van der Waals surface area contributed by atoms with Gasteiger partial charge in [0.1, 0.15) is 5.75 Å². The summed E-state index contributed by atoms with van der Waals surface area (Å²) in [5.74, 6) is 0.183. The quantitative estimate of drug-likeness (QED) is 0.594. The number of hydrogen-bond acceptors (Lipinski definition) is 4. The second kappa shape index (κ2) is 4.61. The van der Waals surface area contributed by atoms with E-state index < -0.39 is 12.1 Å². The highest BCUT2D eigenvalue weighted by Gasteiger charge is 2.13. The average Bonchev–Trinajstić information content (AvgIpc) is 2.20. The van der Waals surface area contributed by atoms with Gasteiger partial charge in [0.25, 0.3) is 0 Å². The number of benzene rings is 1. The summed E-state index contributed by atoms with van der Waals surface area (Å²) in [4.78, 5) is 0. The van der Waals surface area contributed by atoms with Crippen LogP contribution in [0, 0.1) is 11.3 Å². The molecule has 4 nitrogen and oxygen atoms in total. The third kappa shape index (κ3) is 2.73. The monoisotopic (exact) mass is 192 g/mol. The first-order valence-corrected chi connectivity index (χ1v) is 4.24. The summed E-state index contributed by atoms with van der Waals surface area (Å²) in [6, 6.07) is 7.58. The summed E-state index contributed by atoms with van der Waals surface area (Å²) in [7, 11) is 0. The maximum Gasteiger partial charge on any atom is 0.155 e. The molecule has 0 aliphatic rings. The van der Waals surface area contributed by atoms with Crippen LogP contribution in [-0.4, -0.2) is 22.4 Å². The Labute approximate surface area is 82.2 Å². The van der Waals surface area contributed by atoms with Gasteiger partial charge in [-0.1, -0.05) is 12.1 Å². The minimum Gasteiger partial charge on any atom is -0.508 e. The van der Waals surface area contributed by atoms with E-state index in [-0.39, 0.29) is 5.75 Å². The molecule has 2 unspecified atom stereocenters. The van der Waals surface area contributed by atoms with Crippen molar-refractivity contribution in [2.75, 3.05) is 0 Å². The largest absolute Gasteiger partial charge is 0.508 e. The molecule has 0 saturated carbocycles. The molecule has 0 bridgehead atoms. The Kier molecular flexibility index (Phi) is 3.46. The summed E-state index contributed by atoms with van der Waals surface area (Å²) in [5.41, 5.74) is 6.44. The van der Waals surface area contributed by atoms with Crippen LogP contribution in [0.3, 0.4) is 0 Å². The van der Waals surface area contributed by atoms with Crippen LogP contribution in [0.25, 0.3) is 0 Å². The first kappa shape index (κ1) is 10.5. The zero-order valence-electron chi connectivity index (χ0n) is 7.59. The predicted octanol–water partition coefficient (Wildman–Crippen LogP) is 0.146. The molecule has 4 N–H and O–H groups in total. The lowest BCUT2D eigenvalue weighted by Gasteiger charge is -2.12. The Morgan fingerprint density at radius 2 is 1.93 bits per heavy atom. The van der Waals surface area contributed by atoms with E-state index in [1.54, 1.807) is 30.3 Å². The molecule has 74 valence electrons. The molecule has 0 radical (unpaired) electrons. The minimum atomic E-state index is -1.15. The van der Waals surface area contributed by atoms with E-state index in [1.165, 1.54) is 0 Å². The van der Waals surface area contributed by atoms with Gasteiger partial charge in [-0.05, 0) is 24.1 Å². The second-order valence-electron chi connectivity index (χ2n) is 3.11. The van der Waals surface area contributed by atoms with Gasteiger partial charge in [-0.3, -0.25) is 0 Å². The van der Waals surface area contributed by atoms with Crippen LogP contribution in [0.15, 0.2) is 24.3 Å². The van der Waals surface area contributed by atoms with Crippen LogP contribution in [0.5, 0.6) is 5.75 Å². The van der Waals surface area contributed by atoms with Crippen LogP contribution < -0.4 is 5.73 Å². The SMILES string of the molecule is N#CC(O)C(N)Cc1ccc(O)cc1. The second-order valence-corrected chi connectivity index (χ2v) is 3.11. The standard InChI is InChI=1S/C10H12N2O2/c11-6-10(14)9(12)5-7-1-3-8(13)4-2-7/h1-4,9-10,13-14H,5,12H2. The fourth-order valence-corrected chi connectivity index (χ4v) is 1.11. The van der Waals surface area contributed by atoms with Crippen molar-refractivity contribution >= 4 is 0 Å². The smallest absolute Gasteiger partial charge is 0.155 e. The Hall–Kier alpha value is -1.57. The lowest BCUT2D eigenvalue weighted by Crippen LogP contribution is -2.35. The molecule has 0 saturated heterocycles. The summed E-state index contributed by atoms with van der Waals surface area (Å²) < 4.78 is 0. The molecule has 0 fully saturated rings. The zero-order chi connectivity index (χ0) is 10.6. The van der Waals surface area contributed by atoms with Gasteiger partial charge in [-0.15, -0.1) is 0 Å². The summed E-state index contributed by atoms with van der Waals surface area (Å²) in [5, 5.41) is 26.5. The molecule has 0 aliphatic carbocycles. The van der Waals surface area contributed by atoms with Gasteiger partial charge < -0.3 is 15.9 Å². The molecule has 0 spiro atoms. The molecule has 0 aromatic heterocycles. The van der Waals surface area contributed by atoms with Gasteiger partial charge in [0.05, 0.1) is 6.07 Å². The van der Waals surface area contributed by atoms with E-state index in [0.717, 1.165) is 5.56 Å².